The quantitative estimate of drug-likeness (QED) is 0.588. The normalized spacial score (nSPS) is 10.5. The van der Waals surface area contributed by atoms with Crippen LogP contribution in [0.15, 0.2) is 24.3 Å². The Hall–Kier alpha value is -1.94. The minimum atomic E-state index is -0.513. The molecule has 0 saturated heterocycles. The Balaban J connectivity index is 2.67. The van der Waals surface area contributed by atoms with Gasteiger partial charge in [-0.1, -0.05) is 18.2 Å². The summed E-state index contributed by atoms with van der Waals surface area (Å²) in [4.78, 5) is 25.1. The van der Waals surface area contributed by atoms with Crippen LogP contribution >= 0.6 is 0 Å². The van der Waals surface area contributed by atoms with Gasteiger partial charge in [0.1, 0.15) is 0 Å². The van der Waals surface area contributed by atoms with E-state index in [4.69, 9.17) is 0 Å². The standard InChI is InChI=1S/C13H13NO3/c1-8-10-6-4-5-7-11(10)14-9(2)12(8)13(15)17-16-3/h4-7H,1-3H3. The number of aryl methyl sites for hydroxylation is 2. The zero-order chi connectivity index (χ0) is 12.4. The molecule has 4 nitrogen and oxygen atoms in total. The van der Waals surface area contributed by atoms with Gasteiger partial charge in [-0.3, -0.25) is 9.87 Å². The lowest BCUT2D eigenvalue weighted by atomic mass is 10.0. The topological polar surface area (TPSA) is 48.4 Å². The predicted molar refractivity (Wildman–Crippen MR) is 63.6 cm³/mol. The fourth-order valence-electron chi connectivity index (χ4n) is 1.95. The highest BCUT2D eigenvalue weighted by molar-refractivity contribution is 5.97. The largest absolute Gasteiger partial charge is 0.375 e. The summed E-state index contributed by atoms with van der Waals surface area (Å²) in [5.41, 5.74) is 2.83. The number of carbonyl (C=O) groups is 1. The molecule has 1 heterocycles. The fraction of sp³-hybridized carbons (Fsp3) is 0.231. The lowest BCUT2D eigenvalue weighted by Gasteiger charge is -2.10. The number of nitrogens with zero attached hydrogens (tertiary/aromatic N) is 1. The summed E-state index contributed by atoms with van der Waals surface area (Å²) >= 11 is 0. The van der Waals surface area contributed by atoms with E-state index in [0.29, 0.717) is 11.3 Å². The molecule has 0 spiro atoms. The van der Waals surface area contributed by atoms with E-state index in [1.54, 1.807) is 6.92 Å². The van der Waals surface area contributed by atoms with Crippen LogP contribution < -0.4 is 0 Å². The Morgan fingerprint density at radius 3 is 2.65 bits per heavy atom. The van der Waals surface area contributed by atoms with Crippen molar-refractivity contribution in [2.45, 2.75) is 13.8 Å². The van der Waals surface area contributed by atoms with Crippen LogP contribution in [-0.4, -0.2) is 18.1 Å². The monoisotopic (exact) mass is 231 g/mol. The smallest absolute Gasteiger partial charge is 0.293 e. The third-order valence-electron chi connectivity index (χ3n) is 2.70. The minimum Gasteiger partial charge on any atom is -0.293 e. The van der Waals surface area contributed by atoms with Crippen molar-refractivity contribution in [1.29, 1.82) is 0 Å². The van der Waals surface area contributed by atoms with Crippen molar-refractivity contribution in [3.8, 4) is 0 Å². The molecule has 0 unspecified atom stereocenters. The molecule has 0 N–H and O–H groups in total. The highest BCUT2D eigenvalue weighted by atomic mass is 17.2. The summed E-state index contributed by atoms with van der Waals surface area (Å²) in [6.07, 6.45) is 0. The highest BCUT2D eigenvalue weighted by Gasteiger charge is 2.17. The van der Waals surface area contributed by atoms with Gasteiger partial charge < -0.3 is 0 Å². The Morgan fingerprint density at radius 2 is 1.94 bits per heavy atom. The molecule has 17 heavy (non-hydrogen) atoms. The lowest BCUT2D eigenvalue weighted by molar-refractivity contribution is -0.216. The fourth-order valence-corrected chi connectivity index (χ4v) is 1.95. The number of pyridine rings is 1. The first-order valence-electron chi connectivity index (χ1n) is 5.26. The Labute approximate surface area is 99.1 Å². The zero-order valence-electron chi connectivity index (χ0n) is 9.98. The summed E-state index contributed by atoms with van der Waals surface area (Å²) in [5.74, 6) is -0.513. The first-order valence-corrected chi connectivity index (χ1v) is 5.26. The molecule has 0 aliphatic heterocycles. The van der Waals surface area contributed by atoms with E-state index in [1.807, 2.05) is 31.2 Å². The van der Waals surface area contributed by atoms with Crippen LogP contribution in [0.4, 0.5) is 0 Å². The van der Waals surface area contributed by atoms with Crippen molar-refractivity contribution in [2.24, 2.45) is 0 Å². The molecule has 2 aromatic rings. The van der Waals surface area contributed by atoms with Crippen molar-refractivity contribution in [2.75, 3.05) is 7.11 Å². The van der Waals surface area contributed by atoms with E-state index < -0.39 is 5.97 Å². The van der Waals surface area contributed by atoms with E-state index in [2.05, 4.69) is 14.8 Å². The van der Waals surface area contributed by atoms with Crippen molar-refractivity contribution in [1.82, 2.24) is 4.98 Å². The molecular weight excluding hydrogens is 218 g/mol. The molecule has 0 bridgehead atoms. The summed E-state index contributed by atoms with van der Waals surface area (Å²) in [5, 5.41) is 0.946. The van der Waals surface area contributed by atoms with Gasteiger partial charge in [0, 0.05) is 5.39 Å². The summed E-state index contributed by atoms with van der Waals surface area (Å²) in [6, 6.07) is 7.68. The van der Waals surface area contributed by atoms with Crippen molar-refractivity contribution >= 4 is 16.9 Å². The molecule has 88 valence electrons. The first-order chi connectivity index (χ1) is 8.15. The predicted octanol–water partition coefficient (Wildman–Crippen LogP) is 2.57. The number of aromatic nitrogens is 1. The van der Waals surface area contributed by atoms with Crippen molar-refractivity contribution < 1.29 is 14.6 Å². The summed E-state index contributed by atoms with van der Waals surface area (Å²) in [7, 11) is 1.30. The van der Waals surface area contributed by atoms with Crippen LogP contribution in [0.3, 0.4) is 0 Å². The molecule has 1 aromatic carbocycles. The van der Waals surface area contributed by atoms with Crippen molar-refractivity contribution in [3.05, 3.63) is 41.1 Å². The molecule has 0 radical (unpaired) electrons. The maximum atomic E-state index is 11.7. The number of benzene rings is 1. The number of rotatable bonds is 2. The molecule has 1 aromatic heterocycles. The van der Waals surface area contributed by atoms with Crippen LogP contribution in [0.25, 0.3) is 10.9 Å². The number of carbonyl (C=O) groups excluding carboxylic acids is 1. The third-order valence-corrected chi connectivity index (χ3v) is 2.70. The summed E-state index contributed by atoms with van der Waals surface area (Å²) in [6.45, 7) is 3.66. The second kappa shape index (κ2) is 4.51. The molecule has 0 aliphatic carbocycles. The highest BCUT2D eigenvalue weighted by Crippen LogP contribution is 2.23. The SMILES string of the molecule is COOC(=O)c1c(C)nc2ccccc2c1C. The third kappa shape index (κ3) is 1.99. The van der Waals surface area contributed by atoms with Crippen LogP contribution in [0, 0.1) is 13.8 Å². The molecule has 0 atom stereocenters. The molecular formula is C13H13NO3. The minimum absolute atomic E-state index is 0.463. The van der Waals surface area contributed by atoms with E-state index in [9.17, 15) is 4.79 Å². The summed E-state index contributed by atoms with van der Waals surface area (Å²) < 4.78 is 0. The Morgan fingerprint density at radius 1 is 1.24 bits per heavy atom. The van der Waals surface area contributed by atoms with Gasteiger partial charge in [-0.15, -0.1) is 0 Å². The maximum Gasteiger partial charge on any atom is 0.375 e. The van der Waals surface area contributed by atoms with Gasteiger partial charge in [0.15, 0.2) is 0 Å². The van der Waals surface area contributed by atoms with Crippen LogP contribution in [-0.2, 0) is 9.78 Å². The molecule has 0 amide bonds. The van der Waals surface area contributed by atoms with Gasteiger partial charge in [0.05, 0.1) is 23.9 Å². The number of para-hydroxylation sites is 1. The average molecular weight is 231 g/mol. The van der Waals surface area contributed by atoms with Gasteiger partial charge in [-0.2, -0.15) is 4.89 Å². The molecule has 0 saturated carbocycles. The van der Waals surface area contributed by atoms with Gasteiger partial charge in [-0.05, 0) is 25.5 Å². The molecule has 2 rings (SSSR count). The Bertz CT molecular complexity index is 578. The van der Waals surface area contributed by atoms with Crippen LogP contribution in [0.2, 0.25) is 0 Å². The second-order valence-corrected chi connectivity index (χ2v) is 3.75. The zero-order valence-corrected chi connectivity index (χ0v) is 9.98. The molecule has 4 heteroatoms. The maximum absolute atomic E-state index is 11.7. The second-order valence-electron chi connectivity index (χ2n) is 3.75. The van der Waals surface area contributed by atoms with Gasteiger partial charge in [0.2, 0.25) is 0 Å². The first kappa shape index (κ1) is 11.5. The van der Waals surface area contributed by atoms with E-state index >= 15 is 0 Å². The number of hydrogen-bond donors (Lipinski definition) is 0. The Kier molecular flexibility index (Phi) is 3.06. The van der Waals surface area contributed by atoms with Crippen LogP contribution in [0.1, 0.15) is 21.6 Å². The van der Waals surface area contributed by atoms with Gasteiger partial charge >= 0.3 is 5.97 Å². The number of hydrogen-bond acceptors (Lipinski definition) is 4. The molecule has 0 fully saturated rings. The van der Waals surface area contributed by atoms with E-state index in [-0.39, 0.29) is 0 Å². The lowest BCUT2D eigenvalue weighted by Crippen LogP contribution is -2.10. The van der Waals surface area contributed by atoms with Gasteiger partial charge in [-0.25, -0.2) is 4.79 Å². The van der Waals surface area contributed by atoms with Gasteiger partial charge in [0.25, 0.3) is 0 Å². The molecule has 0 aliphatic rings. The van der Waals surface area contributed by atoms with E-state index in [0.717, 1.165) is 16.5 Å². The van der Waals surface area contributed by atoms with Crippen molar-refractivity contribution in [3.63, 3.8) is 0 Å². The van der Waals surface area contributed by atoms with E-state index in [1.165, 1.54) is 7.11 Å². The van der Waals surface area contributed by atoms with Crippen LogP contribution in [0.5, 0.6) is 0 Å². The number of fused-ring (bicyclic) bond motifs is 1. The average Bonchev–Trinajstić information content (AvgIpc) is 2.29.